The van der Waals surface area contributed by atoms with Gasteiger partial charge in [0, 0.05) is 5.92 Å². The van der Waals surface area contributed by atoms with Crippen LogP contribution in [0.4, 0.5) is 0 Å². The lowest BCUT2D eigenvalue weighted by Gasteiger charge is -2.33. The minimum Gasteiger partial charge on any atom is -0.392 e. The Hall–Kier alpha value is -0.820. The molecule has 0 fully saturated rings. The van der Waals surface area contributed by atoms with Gasteiger partial charge in [-0.25, -0.2) is 0 Å². The van der Waals surface area contributed by atoms with Crippen molar-refractivity contribution in [1.29, 1.82) is 0 Å². The molecule has 0 aliphatic heterocycles. The quantitative estimate of drug-likeness (QED) is 0.698. The standard InChI is InChI=1S/C20H32O/c1-13(2)7-6-8-14(3)18-12-9-15(4)17-11-10-16(5)19(17)20(18)21/h7,9-10,14,17-21H,6,8,11-12H2,1-5H3/t14-,17+,18+,19-,20-/m1/s1. The fraction of sp³-hybridized carbons (Fsp3) is 0.700. The summed E-state index contributed by atoms with van der Waals surface area (Å²) >= 11 is 0. The average Bonchev–Trinajstić information content (AvgIpc) is 2.74. The van der Waals surface area contributed by atoms with Gasteiger partial charge >= 0.3 is 0 Å². The van der Waals surface area contributed by atoms with Crippen LogP contribution in [0.15, 0.2) is 34.9 Å². The van der Waals surface area contributed by atoms with Crippen LogP contribution < -0.4 is 0 Å². The van der Waals surface area contributed by atoms with Gasteiger partial charge in [-0.15, -0.1) is 0 Å². The Kier molecular flexibility index (Phi) is 5.48. The smallest absolute Gasteiger partial charge is 0.0644 e. The van der Waals surface area contributed by atoms with Crippen molar-refractivity contribution >= 4 is 0 Å². The molecule has 118 valence electrons. The van der Waals surface area contributed by atoms with Crippen LogP contribution in [0.3, 0.4) is 0 Å². The fourth-order valence-electron chi connectivity index (χ4n) is 4.19. The van der Waals surface area contributed by atoms with E-state index in [0.29, 0.717) is 23.7 Å². The zero-order valence-corrected chi connectivity index (χ0v) is 14.4. The van der Waals surface area contributed by atoms with Gasteiger partial charge in [0.2, 0.25) is 0 Å². The van der Waals surface area contributed by atoms with Crippen LogP contribution in [0.5, 0.6) is 0 Å². The van der Waals surface area contributed by atoms with Crippen LogP contribution in [-0.4, -0.2) is 11.2 Å². The molecule has 0 aromatic rings. The molecule has 0 saturated carbocycles. The first-order valence-electron chi connectivity index (χ1n) is 8.56. The number of fused-ring (bicyclic) bond motifs is 1. The highest BCUT2D eigenvalue weighted by molar-refractivity contribution is 5.25. The Morgan fingerprint density at radius 3 is 2.57 bits per heavy atom. The van der Waals surface area contributed by atoms with Crippen molar-refractivity contribution in [3.05, 3.63) is 34.9 Å². The van der Waals surface area contributed by atoms with Crippen molar-refractivity contribution in [3.63, 3.8) is 0 Å². The summed E-state index contributed by atoms with van der Waals surface area (Å²) in [5.74, 6) is 1.89. The first kappa shape index (κ1) is 16.5. The molecule has 0 bridgehead atoms. The van der Waals surface area contributed by atoms with Gasteiger partial charge in [-0.3, -0.25) is 0 Å². The van der Waals surface area contributed by atoms with Gasteiger partial charge in [0.1, 0.15) is 0 Å². The first-order valence-corrected chi connectivity index (χ1v) is 8.56. The molecule has 0 amide bonds. The Morgan fingerprint density at radius 1 is 1.24 bits per heavy atom. The second-order valence-electron chi connectivity index (χ2n) is 7.49. The molecule has 2 aliphatic carbocycles. The molecule has 5 atom stereocenters. The molecular weight excluding hydrogens is 256 g/mol. The van der Waals surface area contributed by atoms with Crippen LogP contribution in [0.25, 0.3) is 0 Å². The highest BCUT2D eigenvalue weighted by Gasteiger charge is 2.40. The van der Waals surface area contributed by atoms with Crippen molar-refractivity contribution in [2.45, 2.75) is 66.4 Å². The van der Waals surface area contributed by atoms with E-state index in [1.54, 1.807) is 0 Å². The summed E-state index contributed by atoms with van der Waals surface area (Å²) < 4.78 is 0. The van der Waals surface area contributed by atoms with E-state index in [-0.39, 0.29) is 6.10 Å². The van der Waals surface area contributed by atoms with Crippen LogP contribution >= 0.6 is 0 Å². The Labute approximate surface area is 130 Å². The van der Waals surface area contributed by atoms with Crippen LogP contribution in [0.2, 0.25) is 0 Å². The SMILES string of the molecule is CC(C)=CCC[C@@H](C)[C@@H]1CC=C(C)[C@@H]2CC=C(C)[C@H]2[C@@H]1O. The van der Waals surface area contributed by atoms with Crippen LogP contribution in [-0.2, 0) is 0 Å². The third-order valence-electron chi connectivity index (χ3n) is 5.66. The average molecular weight is 288 g/mol. The number of hydrogen-bond donors (Lipinski definition) is 1. The van der Waals surface area contributed by atoms with Gasteiger partial charge in [0.25, 0.3) is 0 Å². The number of aliphatic hydroxyl groups excluding tert-OH is 1. The molecule has 0 aromatic carbocycles. The second kappa shape index (κ2) is 6.96. The molecule has 2 aliphatic rings. The summed E-state index contributed by atoms with van der Waals surface area (Å²) in [5.41, 5.74) is 4.30. The van der Waals surface area contributed by atoms with Gasteiger partial charge in [-0.2, -0.15) is 0 Å². The molecule has 0 aromatic heterocycles. The third kappa shape index (κ3) is 3.69. The van der Waals surface area contributed by atoms with Crippen molar-refractivity contribution in [3.8, 4) is 0 Å². The first-order chi connectivity index (χ1) is 9.91. The zero-order chi connectivity index (χ0) is 15.6. The summed E-state index contributed by atoms with van der Waals surface area (Å²) in [6.07, 6.45) is 11.4. The lowest BCUT2D eigenvalue weighted by Crippen LogP contribution is -2.34. The molecular formula is C20H32O. The number of rotatable bonds is 4. The molecule has 0 heterocycles. The Balaban J connectivity index is 2.09. The van der Waals surface area contributed by atoms with Crippen molar-refractivity contribution in [2.24, 2.45) is 23.7 Å². The van der Waals surface area contributed by atoms with E-state index in [1.807, 2.05) is 0 Å². The molecule has 0 unspecified atom stereocenters. The van der Waals surface area contributed by atoms with E-state index in [9.17, 15) is 5.11 Å². The maximum atomic E-state index is 11.0. The minimum atomic E-state index is -0.177. The van der Waals surface area contributed by atoms with Gasteiger partial charge < -0.3 is 5.11 Å². The van der Waals surface area contributed by atoms with E-state index in [4.69, 9.17) is 0 Å². The molecule has 1 heteroatoms. The molecule has 0 radical (unpaired) electrons. The number of allylic oxidation sites excluding steroid dienone is 5. The highest BCUT2D eigenvalue weighted by Crippen LogP contribution is 2.45. The van der Waals surface area contributed by atoms with E-state index in [1.165, 1.54) is 23.1 Å². The van der Waals surface area contributed by atoms with Crippen LogP contribution in [0.1, 0.15) is 60.3 Å². The highest BCUT2D eigenvalue weighted by atomic mass is 16.3. The Morgan fingerprint density at radius 2 is 1.90 bits per heavy atom. The molecule has 1 N–H and O–H groups in total. The van der Waals surface area contributed by atoms with Gasteiger partial charge in [0.05, 0.1) is 6.10 Å². The van der Waals surface area contributed by atoms with Crippen molar-refractivity contribution in [2.75, 3.05) is 0 Å². The van der Waals surface area contributed by atoms with E-state index < -0.39 is 0 Å². The van der Waals surface area contributed by atoms with Gasteiger partial charge in [-0.05, 0) is 71.1 Å². The second-order valence-corrected chi connectivity index (χ2v) is 7.49. The normalized spacial score (nSPS) is 33.6. The molecule has 21 heavy (non-hydrogen) atoms. The fourth-order valence-corrected chi connectivity index (χ4v) is 4.19. The van der Waals surface area contributed by atoms with Gasteiger partial charge in [-0.1, -0.05) is 41.9 Å². The predicted molar refractivity (Wildman–Crippen MR) is 91.1 cm³/mol. The molecule has 0 saturated heterocycles. The van der Waals surface area contributed by atoms with E-state index in [0.717, 1.165) is 19.3 Å². The maximum Gasteiger partial charge on any atom is 0.0644 e. The van der Waals surface area contributed by atoms with Crippen molar-refractivity contribution < 1.29 is 5.11 Å². The summed E-state index contributed by atoms with van der Waals surface area (Å²) in [5, 5.41) is 11.0. The monoisotopic (exact) mass is 288 g/mol. The topological polar surface area (TPSA) is 20.2 Å². The molecule has 0 spiro atoms. The summed E-state index contributed by atoms with van der Waals surface area (Å²) in [6, 6.07) is 0. The molecule has 1 nitrogen and oxygen atoms in total. The predicted octanol–water partition coefficient (Wildman–Crippen LogP) is 5.28. The lowest BCUT2D eigenvalue weighted by atomic mass is 9.75. The minimum absolute atomic E-state index is 0.177. The maximum absolute atomic E-state index is 11.0. The third-order valence-corrected chi connectivity index (χ3v) is 5.66. The van der Waals surface area contributed by atoms with Crippen LogP contribution in [0, 0.1) is 23.7 Å². The number of aliphatic hydroxyl groups is 1. The summed E-state index contributed by atoms with van der Waals surface area (Å²) in [4.78, 5) is 0. The van der Waals surface area contributed by atoms with E-state index in [2.05, 4.69) is 52.8 Å². The molecule has 2 rings (SSSR count). The van der Waals surface area contributed by atoms with Crippen molar-refractivity contribution in [1.82, 2.24) is 0 Å². The Bertz CT molecular complexity index is 450. The lowest BCUT2D eigenvalue weighted by molar-refractivity contribution is 0.0310. The summed E-state index contributed by atoms with van der Waals surface area (Å²) in [6.45, 7) is 11.1. The summed E-state index contributed by atoms with van der Waals surface area (Å²) in [7, 11) is 0. The number of hydrogen-bond acceptors (Lipinski definition) is 1. The largest absolute Gasteiger partial charge is 0.392 e. The van der Waals surface area contributed by atoms with Gasteiger partial charge in [0.15, 0.2) is 0 Å². The van der Waals surface area contributed by atoms with E-state index >= 15 is 0 Å². The zero-order valence-electron chi connectivity index (χ0n) is 14.4.